The second kappa shape index (κ2) is 4.56. The van der Waals surface area contributed by atoms with Crippen molar-refractivity contribution in [3.05, 3.63) is 0 Å². The van der Waals surface area contributed by atoms with Crippen LogP contribution in [0.15, 0.2) is 0 Å². The first-order valence-electron chi connectivity index (χ1n) is 5.88. The van der Waals surface area contributed by atoms with Crippen LogP contribution in [-0.4, -0.2) is 37.9 Å². The van der Waals surface area contributed by atoms with Crippen LogP contribution in [0.3, 0.4) is 0 Å². The lowest BCUT2D eigenvalue weighted by Crippen LogP contribution is -2.48. The predicted molar refractivity (Wildman–Crippen MR) is 60.9 cm³/mol. The molecule has 0 amide bonds. The minimum atomic E-state index is -3.14. The fourth-order valence-electron chi connectivity index (χ4n) is 2.57. The topological polar surface area (TPSA) is 76.4 Å². The van der Waals surface area contributed by atoms with Gasteiger partial charge in [-0.1, -0.05) is 6.42 Å². The highest BCUT2D eigenvalue weighted by Gasteiger charge is 2.50. The molecule has 3 unspecified atom stereocenters. The molecule has 0 aromatic carbocycles. The van der Waals surface area contributed by atoms with E-state index in [-0.39, 0.29) is 18.3 Å². The van der Waals surface area contributed by atoms with E-state index in [4.69, 9.17) is 14.7 Å². The summed E-state index contributed by atoms with van der Waals surface area (Å²) in [7, 11) is -3.14. The molecular weight excluding hydrogens is 242 g/mol. The standard InChI is InChI=1S/C11H17NO4S/c1-11(15-8-9(16-11)5-6-12)10-4-2-3-7-17(10,13)14/h9-10H,2-5,7-8H2,1H3. The Hall–Kier alpha value is -0.640. The van der Waals surface area contributed by atoms with Gasteiger partial charge in [-0.05, 0) is 19.8 Å². The van der Waals surface area contributed by atoms with Crippen LogP contribution in [0.2, 0.25) is 0 Å². The SMILES string of the molecule is CC1(C2CCCCS2(=O)=O)OCC(CC#N)O1. The lowest BCUT2D eigenvalue weighted by molar-refractivity contribution is -0.155. The zero-order chi connectivity index (χ0) is 12.5. The summed E-state index contributed by atoms with van der Waals surface area (Å²) in [5.74, 6) is -0.857. The summed E-state index contributed by atoms with van der Waals surface area (Å²) in [5.41, 5.74) is 0. The number of hydrogen-bond donors (Lipinski definition) is 0. The molecule has 2 aliphatic heterocycles. The lowest BCUT2D eigenvalue weighted by atomic mass is 10.1. The third kappa shape index (κ3) is 2.46. The highest BCUT2D eigenvalue weighted by atomic mass is 32.2. The summed E-state index contributed by atoms with van der Waals surface area (Å²) < 4.78 is 35.2. The van der Waals surface area contributed by atoms with E-state index >= 15 is 0 Å². The van der Waals surface area contributed by atoms with E-state index in [1.165, 1.54) is 0 Å². The van der Waals surface area contributed by atoms with Gasteiger partial charge in [-0.3, -0.25) is 0 Å². The molecule has 6 heteroatoms. The number of rotatable bonds is 2. The highest BCUT2D eigenvalue weighted by molar-refractivity contribution is 7.92. The molecule has 0 aromatic heterocycles. The second-order valence-corrected chi connectivity index (χ2v) is 7.08. The van der Waals surface area contributed by atoms with Crippen LogP contribution in [0.4, 0.5) is 0 Å². The minimum absolute atomic E-state index is 0.211. The van der Waals surface area contributed by atoms with Gasteiger partial charge in [0, 0.05) is 0 Å². The Labute approximate surface area is 102 Å². The van der Waals surface area contributed by atoms with E-state index in [2.05, 4.69) is 0 Å². The zero-order valence-electron chi connectivity index (χ0n) is 9.89. The third-order valence-corrected chi connectivity index (χ3v) is 5.83. The van der Waals surface area contributed by atoms with Crippen LogP contribution in [-0.2, 0) is 19.3 Å². The van der Waals surface area contributed by atoms with Crippen LogP contribution in [0.1, 0.15) is 32.6 Å². The summed E-state index contributed by atoms with van der Waals surface area (Å²) in [5, 5.41) is 8.02. The van der Waals surface area contributed by atoms with Crippen molar-refractivity contribution in [2.75, 3.05) is 12.4 Å². The van der Waals surface area contributed by atoms with Gasteiger partial charge in [0.1, 0.15) is 5.25 Å². The van der Waals surface area contributed by atoms with Gasteiger partial charge in [-0.15, -0.1) is 0 Å². The van der Waals surface area contributed by atoms with E-state index in [9.17, 15) is 8.42 Å². The molecule has 0 N–H and O–H groups in total. The second-order valence-electron chi connectivity index (χ2n) is 4.78. The van der Waals surface area contributed by atoms with Crippen molar-refractivity contribution in [3.8, 4) is 6.07 Å². The number of nitriles is 1. The van der Waals surface area contributed by atoms with Gasteiger partial charge in [0.2, 0.25) is 0 Å². The van der Waals surface area contributed by atoms with Crippen molar-refractivity contribution < 1.29 is 17.9 Å². The Balaban J connectivity index is 2.14. The first-order valence-corrected chi connectivity index (χ1v) is 7.60. The van der Waals surface area contributed by atoms with Crippen LogP contribution in [0.5, 0.6) is 0 Å². The van der Waals surface area contributed by atoms with Crippen LogP contribution < -0.4 is 0 Å². The fraction of sp³-hybridized carbons (Fsp3) is 0.909. The molecule has 2 heterocycles. The molecule has 0 radical (unpaired) electrons. The van der Waals surface area contributed by atoms with E-state index in [1.54, 1.807) is 6.92 Å². The number of ether oxygens (including phenoxy) is 2. The quantitative estimate of drug-likeness (QED) is 0.739. The zero-order valence-corrected chi connectivity index (χ0v) is 10.7. The van der Waals surface area contributed by atoms with Gasteiger partial charge < -0.3 is 9.47 Å². The molecule has 2 saturated heterocycles. The molecule has 5 nitrogen and oxygen atoms in total. The van der Waals surface area contributed by atoms with Crippen molar-refractivity contribution in [1.82, 2.24) is 0 Å². The molecule has 17 heavy (non-hydrogen) atoms. The molecule has 2 aliphatic rings. The summed E-state index contributed by atoms with van der Waals surface area (Å²) in [4.78, 5) is 0. The van der Waals surface area contributed by atoms with Crippen LogP contribution in [0.25, 0.3) is 0 Å². The molecule has 0 spiro atoms. The lowest BCUT2D eigenvalue weighted by Gasteiger charge is -2.34. The maximum atomic E-state index is 12.0. The first-order chi connectivity index (χ1) is 7.98. The van der Waals surface area contributed by atoms with Crippen LogP contribution in [0, 0.1) is 11.3 Å². The van der Waals surface area contributed by atoms with Gasteiger partial charge in [0.05, 0.1) is 31.0 Å². The summed E-state index contributed by atoms with van der Waals surface area (Å²) in [6.07, 6.45) is 2.12. The smallest absolute Gasteiger partial charge is 0.182 e. The monoisotopic (exact) mass is 259 g/mol. The van der Waals surface area contributed by atoms with E-state index < -0.39 is 20.9 Å². The van der Waals surface area contributed by atoms with Crippen molar-refractivity contribution >= 4 is 9.84 Å². The molecule has 0 aliphatic carbocycles. The van der Waals surface area contributed by atoms with Gasteiger partial charge >= 0.3 is 0 Å². The van der Waals surface area contributed by atoms with Gasteiger partial charge in [-0.25, -0.2) is 8.42 Å². The molecular formula is C11H17NO4S. The van der Waals surface area contributed by atoms with E-state index in [0.717, 1.165) is 12.8 Å². The Morgan fingerprint density at radius 2 is 2.24 bits per heavy atom. The van der Waals surface area contributed by atoms with Gasteiger partial charge in [0.25, 0.3) is 0 Å². The van der Waals surface area contributed by atoms with Gasteiger partial charge in [-0.2, -0.15) is 5.26 Å². The molecule has 2 rings (SSSR count). The Morgan fingerprint density at radius 1 is 1.47 bits per heavy atom. The summed E-state index contributed by atoms with van der Waals surface area (Å²) in [6.45, 7) is 1.98. The summed E-state index contributed by atoms with van der Waals surface area (Å²) >= 11 is 0. The third-order valence-electron chi connectivity index (χ3n) is 3.44. The molecule has 2 fully saturated rings. The number of hydrogen-bond acceptors (Lipinski definition) is 5. The van der Waals surface area contributed by atoms with Crippen molar-refractivity contribution in [3.63, 3.8) is 0 Å². The average Bonchev–Trinajstić information content (AvgIpc) is 2.61. The van der Waals surface area contributed by atoms with E-state index in [0.29, 0.717) is 13.0 Å². The molecule has 3 atom stereocenters. The normalized spacial score (nSPS) is 40.9. The Kier molecular flexibility index (Phi) is 3.43. The molecule has 0 aromatic rings. The Morgan fingerprint density at radius 3 is 2.88 bits per heavy atom. The predicted octanol–water partition coefficient (Wildman–Crippen LogP) is 0.999. The number of nitrogens with zero attached hydrogens (tertiary/aromatic N) is 1. The average molecular weight is 259 g/mol. The molecule has 0 saturated carbocycles. The fourth-order valence-corrected chi connectivity index (χ4v) is 4.76. The largest absolute Gasteiger partial charge is 0.346 e. The van der Waals surface area contributed by atoms with Crippen molar-refractivity contribution in [1.29, 1.82) is 5.26 Å². The highest BCUT2D eigenvalue weighted by Crippen LogP contribution is 2.36. The van der Waals surface area contributed by atoms with Crippen molar-refractivity contribution in [2.45, 2.75) is 49.7 Å². The molecule has 0 bridgehead atoms. The maximum absolute atomic E-state index is 12.0. The minimum Gasteiger partial charge on any atom is -0.346 e. The number of sulfone groups is 1. The van der Waals surface area contributed by atoms with Crippen molar-refractivity contribution in [2.24, 2.45) is 0 Å². The first kappa shape index (κ1) is 12.8. The summed E-state index contributed by atoms with van der Waals surface area (Å²) in [6, 6.07) is 2.02. The Bertz CT molecular complexity index is 427. The van der Waals surface area contributed by atoms with Gasteiger partial charge in [0.15, 0.2) is 15.6 Å². The van der Waals surface area contributed by atoms with E-state index in [1.807, 2.05) is 6.07 Å². The maximum Gasteiger partial charge on any atom is 0.182 e. The molecule has 96 valence electrons. The van der Waals surface area contributed by atoms with Crippen LogP contribution >= 0.6 is 0 Å².